The Morgan fingerprint density at radius 2 is 1.67 bits per heavy atom. The second-order valence-electron chi connectivity index (χ2n) is 20.5. The van der Waals surface area contributed by atoms with Crippen LogP contribution in [-0.2, 0) is 41.6 Å². The number of rotatable bonds is 23. The zero-order valence-corrected chi connectivity index (χ0v) is 43.2. The van der Waals surface area contributed by atoms with E-state index in [1.165, 1.54) is 40.8 Å². The zero-order valence-electron chi connectivity index (χ0n) is 42.3. The lowest BCUT2D eigenvalue weighted by atomic mass is 9.52. The van der Waals surface area contributed by atoms with Crippen LogP contribution in [0, 0.1) is 36.0 Å². The van der Waals surface area contributed by atoms with Crippen molar-refractivity contribution < 1.29 is 43.9 Å². The number of ether oxygens (including phenoxy) is 3. The number of nitrogens with one attached hydrogen (secondary N) is 2. The van der Waals surface area contributed by atoms with Gasteiger partial charge in [-0.15, -0.1) is 11.3 Å². The van der Waals surface area contributed by atoms with Crippen molar-refractivity contribution in [3.05, 3.63) is 70.4 Å². The number of carbonyl (C=O) groups is 3. The molecule has 3 aliphatic carbocycles. The standard InChI is InChI=1S/C38H61N3O8.C12H12N2OS.C4H10.CH4/c1-38-13-11-32-31-8-7-29(42)23-28(31)22-27(37(32)33(38)9-10-34(38)44)6-4-3-5-14-40(2)16-17-47-18-19-48-20-21-49-26-35(45)39-24-36(46)41-15-12-30(43)25-41;1-9-12(16-8-14-9)11-4-2-10(3-5-11)6-13-7-15;1-4(2)3;/h7-8,23,27,30,32-34,37,42-44H,3-6,9-22,24-26H2,1-2H3,(H,39,45);2-5,7-8H,6H2,1H3,(H,13,15);4H,1-3H3;1H4/t27-,30?,32?,33?,34?,37?,38?;;;/m1.../s1. The second-order valence-corrected chi connectivity index (χ2v) is 21.3. The van der Waals surface area contributed by atoms with E-state index in [9.17, 15) is 29.7 Å². The van der Waals surface area contributed by atoms with Gasteiger partial charge in [-0.05, 0) is 141 Å². The number of hydrogen-bond donors (Lipinski definition) is 5. The van der Waals surface area contributed by atoms with Gasteiger partial charge in [0.1, 0.15) is 12.4 Å². The van der Waals surface area contributed by atoms with E-state index >= 15 is 0 Å². The Kier molecular flexibility index (Phi) is 25.3. The predicted octanol–water partition coefficient (Wildman–Crippen LogP) is 7.75. The molecule has 7 rings (SSSR count). The lowest BCUT2D eigenvalue weighted by molar-refractivity contribution is -0.133. The van der Waals surface area contributed by atoms with Crippen molar-refractivity contribution in [3.8, 4) is 16.2 Å². The number of aromatic hydroxyl groups is 1. The second kappa shape index (κ2) is 30.2. The third kappa shape index (κ3) is 18.0. The van der Waals surface area contributed by atoms with Gasteiger partial charge in [0.2, 0.25) is 18.2 Å². The molecule has 3 aromatic rings. The van der Waals surface area contributed by atoms with Crippen LogP contribution in [0.3, 0.4) is 0 Å². The Morgan fingerprint density at radius 1 is 0.957 bits per heavy atom. The number of hydrogen-bond acceptors (Lipinski definition) is 12. The molecule has 6 unspecified atom stereocenters. The van der Waals surface area contributed by atoms with Crippen molar-refractivity contribution in [2.75, 3.05) is 79.4 Å². The summed E-state index contributed by atoms with van der Waals surface area (Å²) in [5, 5.41) is 35.8. The summed E-state index contributed by atoms with van der Waals surface area (Å²) >= 11 is 1.64. The molecule has 0 bridgehead atoms. The number of aryl methyl sites for hydroxylation is 1. The van der Waals surface area contributed by atoms with Gasteiger partial charge in [-0.3, -0.25) is 14.4 Å². The average molecular weight is 994 g/mol. The average Bonchev–Trinajstić information content (AvgIpc) is 4.05. The number of likely N-dealkylation sites (N-methyl/N-ethyl adjacent to an activating group) is 1. The predicted molar refractivity (Wildman–Crippen MR) is 279 cm³/mol. The van der Waals surface area contributed by atoms with E-state index in [4.69, 9.17) is 14.2 Å². The number of fused-ring (bicyclic) bond motifs is 5. The molecule has 392 valence electrons. The fourth-order valence-corrected chi connectivity index (χ4v) is 11.6. The highest BCUT2D eigenvalue weighted by molar-refractivity contribution is 7.13. The third-order valence-corrected chi connectivity index (χ3v) is 15.3. The highest BCUT2D eigenvalue weighted by Gasteiger charge is 2.56. The summed E-state index contributed by atoms with van der Waals surface area (Å²) in [7, 11) is 2.14. The maximum absolute atomic E-state index is 12.0. The number of unbranched alkanes of at least 4 members (excludes halogenated alkanes) is 2. The first kappa shape index (κ1) is 58.6. The van der Waals surface area contributed by atoms with Crippen molar-refractivity contribution in [2.24, 2.45) is 29.1 Å². The van der Waals surface area contributed by atoms with E-state index in [2.05, 4.69) is 73.5 Å². The summed E-state index contributed by atoms with van der Waals surface area (Å²) in [4.78, 5) is 43.3. The molecule has 1 aliphatic heterocycles. The number of aliphatic hydroxyl groups is 2. The molecule has 5 N–H and O–H groups in total. The molecule has 1 saturated heterocycles. The fourth-order valence-electron chi connectivity index (χ4n) is 10.8. The molecule has 15 heteroatoms. The van der Waals surface area contributed by atoms with Gasteiger partial charge in [0.15, 0.2) is 0 Å². The van der Waals surface area contributed by atoms with E-state index in [1.54, 1.807) is 16.2 Å². The summed E-state index contributed by atoms with van der Waals surface area (Å²) in [5.74, 6) is 3.07. The summed E-state index contributed by atoms with van der Waals surface area (Å²) in [6, 6.07) is 14.2. The van der Waals surface area contributed by atoms with Gasteiger partial charge in [0, 0.05) is 26.2 Å². The lowest BCUT2D eigenvalue weighted by Crippen LogP contribution is -2.47. The molecule has 70 heavy (non-hydrogen) atoms. The van der Waals surface area contributed by atoms with Crippen molar-refractivity contribution in [1.29, 1.82) is 0 Å². The van der Waals surface area contributed by atoms with Crippen LogP contribution in [0.2, 0.25) is 0 Å². The minimum absolute atomic E-state index is 0. The number of aromatic nitrogens is 1. The highest BCUT2D eigenvalue weighted by atomic mass is 32.1. The number of benzene rings is 2. The number of likely N-dealkylation sites (tertiary alicyclic amines) is 1. The van der Waals surface area contributed by atoms with E-state index in [0.29, 0.717) is 88.3 Å². The number of aliphatic hydroxyl groups excluding tert-OH is 2. The summed E-state index contributed by atoms with van der Waals surface area (Å²) in [6.07, 6.45) is 10.8. The fraction of sp³-hybridized carbons (Fsp3) is 0.673. The lowest BCUT2D eigenvalue weighted by Gasteiger charge is -2.53. The van der Waals surface area contributed by atoms with Gasteiger partial charge in [-0.2, -0.15) is 0 Å². The minimum Gasteiger partial charge on any atom is -0.508 e. The smallest absolute Gasteiger partial charge is 0.246 e. The molecular weight excluding hydrogens is 907 g/mol. The Morgan fingerprint density at radius 3 is 2.34 bits per heavy atom. The van der Waals surface area contributed by atoms with Crippen LogP contribution in [0.5, 0.6) is 5.75 Å². The van der Waals surface area contributed by atoms with Crippen LogP contribution < -0.4 is 10.6 Å². The van der Waals surface area contributed by atoms with Crippen LogP contribution in [0.1, 0.15) is 121 Å². The molecule has 0 radical (unpaired) electrons. The topological polar surface area (TPSA) is 183 Å². The molecule has 4 aliphatic rings. The Bertz CT molecular complexity index is 2000. The van der Waals surface area contributed by atoms with Crippen molar-refractivity contribution in [2.45, 2.75) is 131 Å². The molecule has 1 aromatic heterocycles. The number of thiazole rings is 1. The van der Waals surface area contributed by atoms with Crippen LogP contribution in [-0.4, -0.2) is 140 Å². The van der Waals surface area contributed by atoms with Gasteiger partial charge in [0.05, 0.1) is 67.9 Å². The molecule has 3 fully saturated rings. The van der Waals surface area contributed by atoms with E-state index in [-0.39, 0.29) is 50.5 Å². The first-order valence-corrected chi connectivity index (χ1v) is 26.4. The van der Waals surface area contributed by atoms with Gasteiger partial charge in [-0.1, -0.05) is 78.3 Å². The number of phenols is 1. The maximum atomic E-state index is 12.0. The molecular formula is C55H87N5O9S. The number of nitrogens with zero attached hydrogens (tertiary/aromatic N) is 3. The van der Waals surface area contributed by atoms with Gasteiger partial charge < -0.3 is 50.0 Å². The molecule has 0 spiro atoms. The number of β-amino-alcohol motifs (C(OH)–C–C–N with tert-alkyl or cyclic N) is 1. The summed E-state index contributed by atoms with van der Waals surface area (Å²) in [5.41, 5.74) is 8.04. The van der Waals surface area contributed by atoms with E-state index in [0.717, 1.165) is 68.8 Å². The van der Waals surface area contributed by atoms with Crippen LogP contribution in [0.4, 0.5) is 0 Å². The number of amides is 3. The van der Waals surface area contributed by atoms with Crippen LogP contribution in [0.25, 0.3) is 10.4 Å². The minimum atomic E-state index is -0.474. The number of phenolic OH excluding ortho intramolecular Hbond substituents is 1. The first-order chi connectivity index (χ1) is 33.2. The molecule has 2 aromatic carbocycles. The summed E-state index contributed by atoms with van der Waals surface area (Å²) in [6.45, 7) is 16.2. The van der Waals surface area contributed by atoms with Crippen LogP contribution in [0.15, 0.2) is 48.0 Å². The largest absolute Gasteiger partial charge is 0.508 e. The molecule has 2 heterocycles. The van der Waals surface area contributed by atoms with Crippen molar-refractivity contribution in [1.82, 2.24) is 25.4 Å². The van der Waals surface area contributed by atoms with Crippen LogP contribution >= 0.6 is 11.3 Å². The SMILES string of the molecule is C.CC(C)C.CN(CCCCC[C@@H]1Cc2cc(O)ccc2C2CCC3(C)C(O)CCC3C21)CCOCCOCCOCC(=O)NCC(=O)N1CCC(O)C1.Cc1ncsc1-c1ccc(CNC=O)cc1. The molecule has 14 nitrogen and oxygen atoms in total. The van der Waals surface area contributed by atoms with Crippen molar-refractivity contribution >= 4 is 29.6 Å². The monoisotopic (exact) mass is 994 g/mol. The summed E-state index contributed by atoms with van der Waals surface area (Å²) < 4.78 is 16.6. The number of carbonyl (C=O) groups excluding carboxylic acids is 3. The Labute approximate surface area is 423 Å². The molecule has 3 amide bonds. The highest BCUT2D eigenvalue weighted by Crippen LogP contribution is 2.62. The molecule has 7 atom stereocenters. The normalized spacial score (nSPS) is 23.2. The van der Waals surface area contributed by atoms with E-state index in [1.807, 2.05) is 36.7 Å². The van der Waals surface area contributed by atoms with E-state index < -0.39 is 6.10 Å². The van der Waals surface area contributed by atoms with Gasteiger partial charge in [-0.25, -0.2) is 4.98 Å². The van der Waals surface area contributed by atoms with Gasteiger partial charge in [0.25, 0.3) is 0 Å². The van der Waals surface area contributed by atoms with Gasteiger partial charge >= 0.3 is 0 Å². The third-order valence-electron chi connectivity index (χ3n) is 14.3. The Balaban J connectivity index is 0.000000421. The van der Waals surface area contributed by atoms with Crippen molar-refractivity contribution in [3.63, 3.8) is 0 Å². The quantitative estimate of drug-likeness (QED) is 0.0463. The molecule has 2 saturated carbocycles. The zero-order chi connectivity index (χ0) is 49.8. The maximum Gasteiger partial charge on any atom is 0.246 e. The first-order valence-electron chi connectivity index (χ1n) is 25.5. The Hall–Kier alpha value is -3.96.